The molecule has 0 atom stereocenters. The average molecular weight is 380 g/mol. The van der Waals surface area contributed by atoms with Crippen molar-refractivity contribution in [3.63, 3.8) is 0 Å². The third-order valence-corrected chi connectivity index (χ3v) is 3.35. The van der Waals surface area contributed by atoms with Gasteiger partial charge in [0.15, 0.2) is 0 Å². The molecule has 0 unspecified atom stereocenters. The van der Waals surface area contributed by atoms with Crippen molar-refractivity contribution in [2.24, 2.45) is 0 Å². The van der Waals surface area contributed by atoms with Crippen molar-refractivity contribution < 1.29 is 18.0 Å². The summed E-state index contributed by atoms with van der Waals surface area (Å²) in [6, 6.07) is 7.15. The van der Waals surface area contributed by atoms with Gasteiger partial charge in [0.05, 0.1) is 5.56 Å². The van der Waals surface area contributed by atoms with Crippen LogP contribution in [0.2, 0.25) is 5.15 Å². The van der Waals surface area contributed by atoms with E-state index in [2.05, 4.69) is 26.2 Å². The fourth-order valence-electron chi connectivity index (χ4n) is 1.51. The predicted molar refractivity (Wildman–Crippen MR) is 76.3 cm³/mol. The summed E-state index contributed by atoms with van der Waals surface area (Å²) in [6.45, 7) is 0. The van der Waals surface area contributed by atoms with Crippen LogP contribution in [0, 0.1) is 0 Å². The Morgan fingerprint density at radius 2 is 1.76 bits per heavy atom. The molecular weight excluding hydrogens is 373 g/mol. The summed E-state index contributed by atoms with van der Waals surface area (Å²) < 4.78 is 37.7. The van der Waals surface area contributed by atoms with Crippen molar-refractivity contribution in [2.45, 2.75) is 6.18 Å². The smallest absolute Gasteiger partial charge is 0.321 e. The number of pyridine rings is 1. The Balaban J connectivity index is 2.18. The molecular formula is C13H7BrClF3N2O. The van der Waals surface area contributed by atoms with Crippen LogP contribution in [0.4, 0.5) is 18.9 Å². The zero-order valence-corrected chi connectivity index (χ0v) is 12.6. The lowest BCUT2D eigenvalue weighted by atomic mass is 10.2. The second-order valence-corrected chi connectivity index (χ2v) is 5.24. The topological polar surface area (TPSA) is 42.0 Å². The maximum absolute atomic E-state index is 12.4. The molecule has 8 heteroatoms. The minimum atomic E-state index is -4.42. The lowest BCUT2D eigenvalue weighted by Crippen LogP contribution is -2.14. The number of nitrogens with zero attached hydrogens (tertiary/aromatic N) is 1. The number of amides is 1. The minimum absolute atomic E-state index is 0.0439. The molecule has 0 spiro atoms. The van der Waals surface area contributed by atoms with E-state index in [0.29, 0.717) is 4.47 Å². The summed E-state index contributed by atoms with van der Waals surface area (Å²) in [5.41, 5.74) is -0.522. The number of carbonyl (C=O) groups excluding carboxylic acids is 1. The molecule has 1 heterocycles. The lowest BCUT2D eigenvalue weighted by molar-refractivity contribution is -0.137. The van der Waals surface area contributed by atoms with E-state index in [4.69, 9.17) is 11.6 Å². The van der Waals surface area contributed by atoms with Gasteiger partial charge in [0, 0.05) is 10.2 Å². The first-order valence-electron chi connectivity index (χ1n) is 5.58. The molecule has 2 rings (SSSR count). The first-order valence-corrected chi connectivity index (χ1v) is 6.75. The highest BCUT2D eigenvalue weighted by Crippen LogP contribution is 2.30. The molecule has 0 fully saturated rings. The number of hydrogen-bond acceptors (Lipinski definition) is 2. The quantitative estimate of drug-likeness (QED) is 0.764. The second-order valence-electron chi connectivity index (χ2n) is 3.99. The highest BCUT2D eigenvalue weighted by molar-refractivity contribution is 9.10. The Kier molecular flexibility index (Phi) is 4.53. The number of carbonyl (C=O) groups is 1. The summed E-state index contributed by atoms with van der Waals surface area (Å²) >= 11 is 8.85. The number of halogens is 5. The summed E-state index contributed by atoms with van der Waals surface area (Å²) in [6.07, 6.45) is -4.42. The van der Waals surface area contributed by atoms with Crippen LogP contribution in [-0.2, 0) is 6.18 Å². The third kappa shape index (κ3) is 3.95. The van der Waals surface area contributed by atoms with E-state index in [9.17, 15) is 18.0 Å². The van der Waals surface area contributed by atoms with Crippen LogP contribution in [0.5, 0.6) is 0 Å². The molecule has 0 saturated carbocycles. The maximum Gasteiger partial charge on any atom is 0.416 e. The van der Waals surface area contributed by atoms with Gasteiger partial charge in [-0.1, -0.05) is 11.6 Å². The highest BCUT2D eigenvalue weighted by Gasteiger charge is 2.30. The predicted octanol–water partition coefficient (Wildman–Crippen LogP) is 4.77. The van der Waals surface area contributed by atoms with Gasteiger partial charge >= 0.3 is 6.18 Å². The van der Waals surface area contributed by atoms with Crippen molar-refractivity contribution in [3.05, 3.63) is 57.3 Å². The monoisotopic (exact) mass is 378 g/mol. The zero-order valence-electron chi connectivity index (χ0n) is 10.2. The molecule has 2 aromatic rings. The largest absolute Gasteiger partial charge is 0.416 e. The van der Waals surface area contributed by atoms with E-state index in [1.165, 1.54) is 18.2 Å². The number of benzene rings is 1. The first kappa shape index (κ1) is 15.8. The Morgan fingerprint density at radius 1 is 1.14 bits per heavy atom. The SMILES string of the molecule is O=C(Nc1ccc(C(F)(F)F)cc1)c1nc(Cl)ccc1Br. The van der Waals surface area contributed by atoms with E-state index in [-0.39, 0.29) is 16.5 Å². The molecule has 1 aromatic heterocycles. The van der Waals surface area contributed by atoms with E-state index in [1.807, 2.05) is 0 Å². The maximum atomic E-state index is 12.4. The van der Waals surface area contributed by atoms with Crippen LogP contribution in [0.1, 0.15) is 16.1 Å². The van der Waals surface area contributed by atoms with Gasteiger partial charge in [-0.05, 0) is 52.3 Å². The number of rotatable bonds is 2. The van der Waals surface area contributed by atoms with E-state index in [1.54, 1.807) is 6.07 Å². The van der Waals surface area contributed by atoms with Gasteiger partial charge in [-0.3, -0.25) is 4.79 Å². The standard InChI is InChI=1S/C13H7BrClF3N2O/c14-9-5-6-10(15)20-11(9)12(21)19-8-3-1-7(2-4-8)13(16,17)18/h1-6H,(H,19,21). The lowest BCUT2D eigenvalue weighted by Gasteiger charge is -2.09. The minimum Gasteiger partial charge on any atom is -0.321 e. The average Bonchev–Trinajstić information content (AvgIpc) is 2.41. The molecule has 1 N–H and O–H groups in total. The molecule has 0 aliphatic rings. The van der Waals surface area contributed by atoms with Gasteiger partial charge in [-0.2, -0.15) is 13.2 Å². The number of nitrogens with one attached hydrogen (secondary N) is 1. The van der Waals surface area contributed by atoms with Crippen molar-refractivity contribution >= 4 is 39.1 Å². The van der Waals surface area contributed by atoms with Gasteiger partial charge in [-0.25, -0.2) is 4.98 Å². The van der Waals surface area contributed by atoms with Crippen LogP contribution in [0.3, 0.4) is 0 Å². The van der Waals surface area contributed by atoms with E-state index in [0.717, 1.165) is 12.1 Å². The third-order valence-electron chi connectivity index (χ3n) is 2.50. The molecule has 21 heavy (non-hydrogen) atoms. The highest BCUT2D eigenvalue weighted by atomic mass is 79.9. The van der Waals surface area contributed by atoms with Crippen LogP contribution >= 0.6 is 27.5 Å². The van der Waals surface area contributed by atoms with Crippen molar-refractivity contribution in [2.75, 3.05) is 5.32 Å². The van der Waals surface area contributed by atoms with Crippen LogP contribution in [0.15, 0.2) is 40.9 Å². The number of hydrogen-bond donors (Lipinski definition) is 1. The van der Waals surface area contributed by atoms with Crippen LogP contribution in [-0.4, -0.2) is 10.9 Å². The molecule has 110 valence electrons. The molecule has 0 radical (unpaired) electrons. The number of anilines is 1. The molecule has 0 saturated heterocycles. The Morgan fingerprint density at radius 3 is 2.33 bits per heavy atom. The van der Waals surface area contributed by atoms with Gasteiger partial charge in [0.2, 0.25) is 0 Å². The summed E-state index contributed by atoms with van der Waals surface area (Å²) in [5.74, 6) is -0.580. The van der Waals surface area contributed by atoms with E-state index >= 15 is 0 Å². The summed E-state index contributed by atoms with van der Waals surface area (Å²) in [5, 5.41) is 2.58. The number of alkyl halides is 3. The van der Waals surface area contributed by atoms with Crippen LogP contribution in [0.25, 0.3) is 0 Å². The van der Waals surface area contributed by atoms with E-state index < -0.39 is 17.6 Å². The van der Waals surface area contributed by atoms with Gasteiger partial charge in [0.1, 0.15) is 10.8 Å². The van der Waals surface area contributed by atoms with Crippen LogP contribution < -0.4 is 5.32 Å². The normalized spacial score (nSPS) is 11.3. The molecule has 0 aliphatic heterocycles. The molecule has 1 amide bonds. The van der Waals surface area contributed by atoms with Crippen molar-refractivity contribution in [1.29, 1.82) is 0 Å². The van der Waals surface area contributed by atoms with Gasteiger partial charge < -0.3 is 5.32 Å². The van der Waals surface area contributed by atoms with Gasteiger partial charge in [0.25, 0.3) is 5.91 Å². The molecule has 1 aromatic carbocycles. The fourth-order valence-corrected chi connectivity index (χ4v) is 2.06. The molecule has 3 nitrogen and oxygen atoms in total. The first-order chi connectivity index (χ1) is 9.77. The van der Waals surface area contributed by atoms with Crippen molar-refractivity contribution in [1.82, 2.24) is 4.98 Å². The molecule has 0 bridgehead atoms. The zero-order chi connectivity index (χ0) is 15.6. The van der Waals surface area contributed by atoms with Gasteiger partial charge in [-0.15, -0.1) is 0 Å². The Hall–Kier alpha value is -1.60. The van der Waals surface area contributed by atoms with Crippen molar-refractivity contribution in [3.8, 4) is 0 Å². The second kappa shape index (κ2) is 6.03. The fraction of sp³-hybridized carbons (Fsp3) is 0.0769. The summed E-state index contributed by atoms with van der Waals surface area (Å²) in [4.78, 5) is 15.8. The molecule has 0 aliphatic carbocycles. The Labute approximate surface area is 131 Å². The summed E-state index contributed by atoms with van der Waals surface area (Å²) in [7, 11) is 0. The number of aromatic nitrogens is 1. The Bertz CT molecular complexity index is 674.